The SMILES string of the molecule is Cc1nc2ccccc2n1CCNC(=O)N1C[C@@H](C)O[C@@H](c2ccccc2)C1. The smallest absolute Gasteiger partial charge is 0.317 e. The Balaban J connectivity index is 1.37. The summed E-state index contributed by atoms with van der Waals surface area (Å²) in [4.78, 5) is 19.2. The van der Waals surface area contributed by atoms with Gasteiger partial charge in [0.25, 0.3) is 0 Å². The number of hydrogen-bond acceptors (Lipinski definition) is 3. The average molecular weight is 378 g/mol. The highest BCUT2D eigenvalue weighted by atomic mass is 16.5. The molecule has 0 unspecified atom stereocenters. The second kappa shape index (κ2) is 8.02. The molecule has 28 heavy (non-hydrogen) atoms. The third-order valence-corrected chi connectivity index (χ3v) is 5.18. The Morgan fingerprint density at radius 3 is 2.71 bits per heavy atom. The Hall–Kier alpha value is -2.86. The van der Waals surface area contributed by atoms with Crippen LogP contribution < -0.4 is 5.32 Å². The first-order chi connectivity index (χ1) is 13.6. The Morgan fingerprint density at radius 2 is 1.89 bits per heavy atom. The highest BCUT2D eigenvalue weighted by Gasteiger charge is 2.29. The lowest BCUT2D eigenvalue weighted by molar-refractivity contribution is -0.0656. The number of fused-ring (bicyclic) bond motifs is 1. The zero-order valence-electron chi connectivity index (χ0n) is 16.3. The molecule has 1 aliphatic heterocycles. The zero-order chi connectivity index (χ0) is 19.5. The summed E-state index contributed by atoms with van der Waals surface area (Å²) in [7, 11) is 0. The van der Waals surface area contributed by atoms with Crippen molar-refractivity contribution >= 4 is 17.1 Å². The van der Waals surface area contributed by atoms with Crippen molar-refractivity contribution in [3.63, 3.8) is 0 Å². The van der Waals surface area contributed by atoms with Gasteiger partial charge in [0.1, 0.15) is 11.9 Å². The molecule has 1 N–H and O–H groups in total. The maximum atomic E-state index is 12.7. The lowest BCUT2D eigenvalue weighted by Gasteiger charge is -2.37. The monoisotopic (exact) mass is 378 g/mol. The van der Waals surface area contributed by atoms with E-state index in [9.17, 15) is 4.79 Å². The van der Waals surface area contributed by atoms with Crippen LogP contribution in [-0.2, 0) is 11.3 Å². The van der Waals surface area contributed by atoms with Crippen molar-refractivity contribution in [2.75, 3.05) is 19.6 Å². The van der Waals surface area contributed by atoms with E-state index in [-0.39, 0.29) is 18.2 Å². The van der Waals surface area contributed by atoms with Gasteiger partial charge in [0, 0.05) is 19.6 Å². The number of imidazole rings is 1. The molecule has 4 rings (SSSR count). The van der Waals surface area contributed by atoms with E-state index in [1.54, 1.807) is 0 Å². The number of nitrogens with zero attached hydrogens (tertiary/aromatic N) is 3. The summed E-state index contributed by atoms with van der Waals surface area (Å²) in [6, 6.07) is 18.1. The number of nitrogens with one attached hydrogen (secondary N) is 1. The maximum absolute atomic E-state index is 12.7. The van der Waals surface area contributed by atoms with Gasteiger partial charge in [-0.3, -0.25) is 0 Å². The topological polar surface area (TPSA) is 59.4 Å². The van der Waals surface area contributed by atoms with Gasteiger partial charge in [-0.25, -0.2) is 9.78 Å². The molecule has 2 amide bonds. The number of carbonyl (C=O) groups excluding carboxylic acids is 1. The molecule has 146 valence electrons. The molecule has 1 fully saturated rings. The number of ether oxygens (including phenoxy) is 1. The van der Waals surface area contributed by atoms with Crippen LogP contribution in [0.1, 0.15) is 24.4 Å². The first-order valence-corrected chi connectivity index (χ1v) is 9.77. The number of benzene rings is 2. The molecule has 0 spiro atoms. The summed E-state index contributed by atoms with van der Waals surface area (Å²) in [6.07, 6.45) is -0.0833. The van der Waals surface area contributed by atoms with Gasteiger partial charge in [-0.05, 0) is 31.5 Å². The second-order valence-electron chi connectivity index (χ2n) is 7.28. The first-order valence-electron chi connectivity index (χ1n) is 9.77. The van der Waals surface area contributed by atoms with Crippen molar-refractivity contribution in [3.8, 4) is 0 Å². The van der Waals surface area contributed by atoms with Gasteiger partial charge in [-0.2, -0.15) is 0 Å². The van der Waals surface area contributed by atoms with Gasteiger partial charge in [0.2, 0.25) is 0 Å². The Kier molecular flexibility index (Phi) is 5.30. The van der Waals surface area contributed by atoms with Crippen molar-refractivity contribution < 1.29 is 9.53 Å². The number of para-hydroxylation sites is 2. The molecular formula is C22H26N4O2. The van der Waals surface area contributed by atoms with Crippen LogP contribution in [0.15, 0.2) is 54.6 Å². The number of hydrogen-bond donors (Lipinski definition) is 1. The lowest BCUT2D eigenvalue weighted by Crippen LogP contribution is -2.50. The minimum absolute atomic E-state index is 0.00421. The van der Waals surface area contributed by atoms with Crippen LogP contribution >= 0.6 is 0 Å². The van der Waals surface area contributed by atoms with E-state index >= 15 is 0 Å². The molecule has 2 aromatic carbocycles. The highest BCUT2D eigenvalue weighted by Crippen LogP contribution is 2.25. The Bertz CT molecular complexity index is 954. The summed E-state index contributed by atoms with van der Waals surface area (Å²) in [6.45, 7) is 6.42. The van der Waals surface area contributed by atoms with Crippen LogP contribution in [0.2, 0.25) is 0 Å². The number of urea groups is 1. The standard InChI is InChI=1S/C22H26N4O2/c1-16-14-25(15-21(28-16)18-8-4-3-5-9-18)22(27)23-12-13-26-17(2)24-19-10-6-7-11-20(19)26/h3-11,16,21H,12-15H2,1-2H3,(H,23,27)/t16-,21-/m1/s1. The molecule has 0 aliphatic carbocycles. The zero-order valence-corrected chi connectivity index (χ0v) is 16.3. The van der Waals surface area contributed by atoms with E-state index in [1.165, 1.54) is 0 Å². The lowest BCUT2D eigenvalue weighted by atomic mass is 10.1. The molecule has 1 aliphatic rings. The summed E-state index contributed by atoms with van der Waals surface area (Å²) in [5.74, 6) is 0.958. The fraction of sp³-hybridized carbons (Fsp3) is 0.364. The third kappa shape index (κ3) is 3.87. The molecule has 6 heteroatoms. The summed E-state index contributed by atoms with van der Waals surface area (Å²) < 4.78 is 8.19. The number of aromatic nitrogens is 2. The predicted molar refractivity (Wildman–Crippen MR) is 109 cm³/mol. The summed E-state index contributed by atoms with van der Waals surface area (Å²) >= 11 is 0. The highest BCUT2D eigenvalue weighted by molar-refractivity contribution is 5.76. The van der Waals surface area contributed by atoms with Crippen LogP contribution in [0.25, 0.3) is 11.0 Å². The minimum Gasteiger partial charge on any atom is -0.367 e. The van der Waals surface area contributed by atoms with Crippen molar-refractivity contribution in [2.45, 2.75) is 32.6 Å². The van der Waals surface area contributed by atoms with Crippen LogP contribution in [0.4, 0.5) is 4.79 Å². The van der Waals surface area contributed by atoms with Gasteiger partial charge in [0.05, 0.1) is 23.7 Å². The van der Waals surface area contributed by atoms with Gasteiger partial charge < -0.3 is 19.5 Å². The number of rotatable bonds is 4. The molecule has 6 nitrogen and oxygen atoms in total. The fourth-order valence-corrected chi connectivity index (χ4v) is 3.83. The molecule has 2 atom stereocenters. The number of amides is 2. The normalized spacial score (nSPS) is 19.7. The van der Waals surface area contributed by atoms with Gasteiger partial charge in [-0.15, -0.1) is 0 Å². The molecule has 1 aromatic heterocycles. The molecule has 0 bridgehead atoms. The molecule has 0 saturated carbocycles. The van der Waals surface area contributed by atoms with E-state index in [2.05, 4.69) is 20.9 Å². The van der Waals surface area contributed by atoms with Gasteiger partial charge in [-0.1, -0.05) is 42.5 Å². The second-order valence-corrected chi connectivity index (χ2v) is 7.28. The largest absolute Gasteiger partial charge is 0.367 e. The van der Waals surface area contributed by atoms with E-state index in [1.807, 2.05) is 67.3 Å². The Labute approximate surface area is 165 Å². The Morgan fingerprint density at radius 1 is 1.14 bits per heavy atom. The van der Waals surface area contributed by atoms with E-state index in [4.69, 9.17) is 4.74 Å². The summed E-state index contributed by atoms with van der Waals surface area (Å²) in [5, 5.41) is 3.06. The van der Waals surface area contributed by atoms with E-state index in [0.29, 0.717) is 26.2 Å². The van der Waals surface area contributed by atoms with Gasteiger partial charge in [0.15, 0.2) is 0 Å². The number of morpholine rings is 1. The average Bonchev–Trinajstić information content (AvgIpc) is 3.03. The van der Waals surface area contributed by atoms with Crippen molar-refractivity contribution in [2.24, 2.45) is 0 Å². The van der Waals surface area contributed by atoms with Crippen LogP contribution in [0.3, 0.4) is 0 Å². The maximum Gasteiger partial charge on any atom is 0.317 e. The van der Waals surface area contributed by atoms with E-state index < -0.39 is 0 Å². The van der Waals surface area contributed by atoms with E-state index in [0.717, 1.165) is 22.4 Å². The van der Waals surface area contributed by atoms with Crippen molar-refractivity contribution in [3.05, 3.63) is 66.0 Å². The summed E-state index contributed by atoms with van der Waals surface area (Å²) in [5.41, 5.74) is 3.18. The van der Waals surface area contributed by atoms with Crippen LogP contribution in [-0.4, -0.2) is 46.2 Å². The fourth-order valence-electron chi connectivity index (χ4n) is 3.83. The molecule has 0 radical (unpaired) electrons. The number of aryl methyl sites for hydroxylation is 1. The molecular weight excluding hydrogens is 352 g/mol. The molecule has 1 saturated heterocycles. The molecule has 3 aromatic rings. The molecule has 2 heterocycles. The first kappa shape index (κ1) is 18.5. The minimum atomic E-state index is -0.0875. The van der Waals surface area contributed by atoms with Crippen molar-refractivity contribution in [1.82, 2.24) is 19.8 Å². The third-order valence-electron chi connectivity index (χ3n) is 5.18. The van der Waals surface area contributed by atoms with Crippen molar-refractivity contribution in [1.29, 1.82) is 0 Å². The van der Waals surface area contributed by atoms with Crippen LogP contribution in [0, 0.1) is 6.92 Å². The number of carbonyl (C=O) groups is 1. The van der Waals surface area contributed by atoms with Gasteiger partial charge >= 0.3 is 6.03 Å². The predicted octanol–water partition coefficient (Wildman–Crippen LogP) is 3.52. The quantitative estimate of drug-likeness (QED) is 0.756. The van der Waals surface area contributed by atoms with Crippen LogP contribution in [0.5, 0.6) is 0 Å².